The quantitative estimate of drug-likeness (QED) is 0.219. The Balaban J connectivity index is 1.45. The molecule has 0 aliphatic heterocycles. The van der Waals surface area contributed by atoms with Crippen LogP contribution in [-0.2, 0) is 5.41 Å². The van der Waals surface area contributed by atoms with Crippen LogP contribution >= 0.6 is 0 Å². The topological polar surface area (TPSA) is 12.9 Å². The fourth-order valence-electron chi connectivity index (χ4n) is 5.90. The second kappa shape index (κ2) is 10.4. The highest BCUT2D eigenvalue weighted by molar-refractivity contribution is 5.89. The normalized spacial score (nSPS) is 14.0. The van der Waals surface area contributed by atoms with E-state index >= 15 is 0 Å². The van der Waals surface area contributed by atoms with Crippen LogP contribution in [0, 0.1) is 0 Å². The van der Waals surface area contributed by atoms with Gasteiger partial charge in [-0.25, -0.2) is 4.98 Å². The molecule has 0 fully saturated rings. The first-order valence-corrected chi connectivity index (χ1v) is 13.9. The minimum absolute atomic E-state index is 0.101. The molecule has 0 saturated heterocycles. The Bertz CT molecular complexity index is 1710. The lowest BCUT2D eigenvalue weighted by Crippen LogP contribution is -2.16. The van der Waals surface area contributed by atoms with E-state index in [9.17, 15) is 0 Å². The van der Waals surface area contributed by atoms with Crippen LogP contribution in [0.25, 0.3) is 50.3 Å². The number of nitrogens with zero attached hydrogens (tertiary/aromatic N) is 1. The number of pyridine rings is 1. The van der Waals surface area contributed by atoms with Gasteiger partial charge in [-0.05, 0) is 75.7 Å². The van der Waals surface area contributed by atoms with E-state index in [0.717, 1.165) is 28.1 Å². The summed E-state index contributed by atoms with van der Waals surface area (Å²) in [5.41, 5.74) is 14.0. The zero-order chi connectivity index (χ0) is 27.7. The highest BCUT2D eigenvalue weighted by atomic mass is 14.7. The molecule has 6 rings (SSSR count). The minimum atomic E-state index is -0.101. The van der Waals surface area contributed by atoms with Crippen LogP contribution in [0.5, 0.6) is 0 Å². The van der Waals surface area contributed by atoms with Crippen molar-refractivity contribution in [1.29, 1.82) is 0 Å². The van der Waals surface area contributed by atoms with Gasteiger partial charge < -0.3 is 0 Å². The van der Waals surface area contributed by atoms with Crippen molar-refractivity contribution >= 4 is 5.57 Å². The monoisotopic (exact) mass is 515 g/mol. The molecule has 1 aliphatic rings. The van der Waals surface area contributed by atoms with Gasteiger partial charge in [0.15, 0.2) is 0 Å². The van der Waals surface area contributed by atoms with Crippen LogP contribution in [0.1, 0.15) is 31.9 Å². The predicted molar refractivity (Wildman–Crippen MR) is 171 cm³/mol. The first-order chi connectivity index (χ1) is 19.5. The Morgan fingerprint density at radius 1 is 0.600 bits per heavy atom. The minimum Gasteiger partial charge on any atom is -0.248 e. The van der Waals surface area contributed by atoms with E-state index in [1.807, 2.05) is 12.1 Å². The SMILES string of the molecule is C=CC1=C(/C=C\C)c2ccc(-c3cccc(-c4cc(-c5ccccc5)cc(-c5ccccc5)n4)c3)cc2C1(C)C. The average Bonchev–Trinajstić information content (AvgIpc) is 3.22. The molecule has 0 radical (unpaired) electrons. The van der Waals surface area contributed by atoms with Crippen molar-refractivity contribution in [3.63, 3.8) is 0 Å². The van der Waals surface area contributed by atoms with E-state index in [1.54, 1.807) is 0 Å². The molecule has 1 aliphatic carbocycles. The molecule has 4 aromatic carbocycles. The van der Waals surface area contributed by atoms with Crippen molar-refractivity contribution in [2.24, 2.45) is 0 Å². The maximum atomic E-state index is 5.14. The molecule has 0 saturated carbocycles. The molecule has 0 bridgehead atoms. The van der Waals surface area contributed by atoms with Crippen molar-refractivity contribution < 1.29 is 0 Å². The van der Waals surface area contributed by atoms with Crippen LogP contribution in [0.2, 0.25) is 0 Å². The molecule has 1 aromatic heterocycles. The molecule has 1 heterocycles. The number of fused-ring (bicyclic) bond motifs is 1. The standard InChI is InChI=1S/C39H33N/c1-5-14-33-34-22-21-30(24-36(34)39(3,4)35(33)6-2)29-19-13-20-31(23-29)38-26-32(27-15-9-7-10-16-27)25-37(40-38)28-17-11-8-12-18-28/h5-26H,2H2,1,3-4H3/b14-5-. The van der Waals surface area contributed by atoms with Gasteiger partial charge in [0.25, 0.3) is 0 Å². The molecule has 0 spiro atoms. The van der Waals surface area contributed by atoms with Crippen LogP contribution in [0.4, 0.5) is 0 Å². The third-order valence-corrected chi connectivity index (χ3v) is 7.98. The van der Waals surface area contributed by atoms with Crippen molar-refractivity contribution in [1.82, 2.24) is 4.98 Å². The number of hydrogen-bond acceptors (Lipinski definition) is 1. The van der Waals surface area contributed by atoms with Crippen LogP contribution in [-0.4, -0.2) is 4.98 Å². The number of hydrogen-bond donors (Lipinski definition) is 0. The van der Waals surface area contributed by atoms with Gasteiger partial charge in [0.05, 0.1) is 11.4 Å². The first-order valence-electron chi connectivity index (χ1n) is 13.9. The van der Waals surface area contributed by atoms with Crippen LogP contribution < -0.4 is 0 Å². The Kier molecular flexibility index (Phi) is 6.66. The number of allylic oxidation sites excluding steroid dienone is 5. The maximum absolute atomic E-state index is 5.14. The number of rotatable bonds is 6. The van der Waals surface area contributed by atoms with E-state index in [2.05, 4.69) is 149 Å². The lowest BCUT2D eigenvalue weighted by atomic mass is 9.80. The summed E-state index contributed by atoms with van der Waals surface area (Å²) in [6.07, 6.45) is 6.34. The van der Waals surface area contributed by atoms with Crippen molar-refractivity contribution in [2.45, 2.75) is 26.2 Å². The van der Waals surface area contributed by atoms with Crippen molar-refractivity contribution in [3.8, 4) is 44.8 Å². The molecule has 1 nitrogen and oxygen atoms in total. The molecule has 5 aromatic rings. The summed E-state index contributed by atoms with van der Waals surface area (Å²) in [4.78, 5) is 5.14. The van der Waals surface area contributed by atoms with E-state index in [-0.39, 0.29) is 5.41 Å². The van der Waals surface area contributed by atoms with E-state index in [1.165, 1.54) is 39.0 Å². The fraction of sp³-hybridized carbons (Fsp3) is 0.103. The molecular formula is C39H33N. The number of aromatic nitrogens is 1. The predicted octanol–water partition coefficient (Wildman–Crippen LogP) is 10.6. The number of benzene rings is 4. The molecular weight excluding hydrogens is 482 g/mol. The van der Waals surface area contributed by atoms with Gasteiger partial charge in [-0.15, -0.1) is 0 Å². The summed E-state index contributed by atoms with van der Waals surface area (Å²) in [6.45, 7) is 10.8. The van der Waals surface area contributed by atoms with Crippen molar-refractivity contribution in [3.05, 3.63) is 157 Å². The van der Waals surface area contributed by atoms with E-state index < -0.39 is 0 Å². The van der Waals surface area contributed by atoms with Gasteiger partial charge >= 0.3 is 0 Å². The summed E-state index contributed by atoms with van der Waals surface area (Å²) in [6, 6.07) is 41.0. The maximum Gasteiger partial charge on any atom is 0.0715 e. The summed E-state index contributed by atoms with van der Waals surface area (Å²) in [5.74, 6) is 0. The summed E-state index contributed by atoms with van der Waals surface area (Å²) in [5, 5.41) is 0. The van der Waals surface area contributed by atoms with E-state index in [4.69, 9.17) is 4.98 Å². The lowest BCUT2D eigenvalue weighted by Gasteiger charge is -2.23. The molecule has 194 valence electrons. The Labute approximate surface area is 237 Å². The molecule has 0 N–H and O–H groups in total. The smallest absolute Gasteiger partial charge is 0.0715 e. The molecule has 40 heavy (non-hydrogen) atoms. The van der Waals surface area contributed by atoms with Gasteiger partial charge in [0.2, 0.25) is 0 Å². The zero-order valence-corrected chi connectivity index (χ0v) is 23.4. The fourth-order valence-corrected chi connectivity index (χ4v) is 5.90. The van der Waals surface area contributed by atoms with Gasteiger partial charge in [-0.2, -0.15) is 0 Å². The van der Waals surface area contributed by atoms with Gasteiger partial charge in [0, 0.05) is 16.5 Å². The Morgan fingerprint density at radius 2 is 1.20 bits per heavy atom. The third kappa shape index (κ3) is 4.54. The highest BCUT2D eigenvalue weighted by Crippen LogP contribution is 2.48. The largest absolute Gasteiger partial charge is 0.248 e. The van der Waals surface area contributed by atoms with Gasteiger partial charge in [-0.1, -0.05) is 130 Å². The molecule has 0 amide bonds. The average molecular weight is 516 g/mol. The Morgan fingerprint density at radius 3 is 1.88 bits per heavy atom. The Hall–Kier alpha value is -4.75. The van der Waals surface area contributed by atoms with Gasteiger partial charge in [-0.3, -0.25) is 0 Å². The summed E-state index contributed by atoms with van der Waals surface area (Å²) in [7, 11) is 0. The lowest BCUT2D eigenvalue weighted by molar-refractivity contribution is 0.655. The molecule has 0 unspecified atom stereocenters. The summed E-state index contributed by atoms with van der Waals surface area (Å²) < 4.78 is 0. The highest BCUT2D eigenvalue weighted by Gasteiger charge is 2.35. The first kappa shape index (κ1) is 25.5. The zero-order valence-electron chi connectivity index (χ0n) is 23.4. The third-order valence-electron chi connectivity index (χ3n) is 7.98. The van der Waals surface area contributed by atoms with Crippen LogP contribution in [0.15, 0.2) is 146 Å². The van der Waals surface area contributed by atoms with Crippen molar-refractivity contribution in [2.75, 3.05) is 0 Å². The molecule has 0 atom stereocenters. The molecule has 1 heteroatoms. The second-order valence-corrected chi connectivity index (χ2v) is 10.9. The summed E-state index contributed by atoms with van der Waals surface area (Å²) >= 11 is 0. The second-order valence-electron chi connectivity index (χ2n) is 10.9. The van der Waals surface area contributed by atoms with E-state index in [0.29, 0.717) is 0 Å². The van der Waals surface area contributed by atoms with Crippen LogP contribution in [0.3, 0.4) is 0 Å². The van der Waals surface area contributed by atoms with Gasteiger partial charge in [0.1, 0.15) is 0 Å².